The fraction of sp³-hybridized carbons (Fsp3) is 0.429. The Balaban J connectivity index is 2.48. The van der Waals surface area contributed by atoms with Crippen molar-refractivity contribution in [2.75, 3.05) is 14.2 Å². The van der Waals surface area contributed by atoms with E-state index in [1.54, 1.807) is 0 Å². The number of hydrogen-bond donors (Lipinski definition) is 0. The molecule has 0 amide bonds. The molecule has 0 aromatic carbocycles. The topological polar surface area (TPSA) is 18.5 Å². The molecule has 0 atom stereocenters. The molecule has 2 rings (SSSR count). The Labute approximate surface area is 109 Å². The van der Waals surface area contributed by atoms with Crippen LogP contribution in [-0.4, -0.2) is 14.2 Å². The van der Waals surface area contributed by atoms with Crippen molar-refractivity contribution in [1.82, 2.24) is 0 Å². The van der Waals surface area contributed by atoms with Crippen molar-refractivity contribution in [2.24, 2.45) is 0 Å². The molecule has 2 aliphatic carbocycles. The molecule has 0 unspecified atom stereocenters. The van der Waals surface area contributed by atoms with Crippen molar-refractivity contribution in [3.05, 3.63) is 42.1 Å². The van der Waals surface area contributed by atoms with Crippen LogP contribution in [0.3, 0.4) is 0 Å². The van der Waals surface area contributed by atoms with Gasteiger partial charge in [0.1, 0.15) is 0 Å². The Morgan fingerprint density at radius 3 is 1.53 bits per heavy atom. The van der Waals surface area contributed by atoms with Crippen molar-refractivity contribution >= 4 is 0 Å². The fourth-order valence-corrected chi connectivity index (χ4v) is 15.3. The van der Waals surface area contributed by atoms with Gasteiger partial charge in [0.2, 0.25) is 0 Å². The molecule has 2 nitrogen and oxygen atoms in total. The molecular weight excluding hydrogens is 379 g/mol. The summed E-state index contributed by atoms with van der Waals surface area (Å²) in [5.41, 5.74) is 2.70. The number of hydrogen-bond acceptors (Lipinski definition) is 2. The van der Waals surface area contributed by atoms with Gasteiger partial charge in [-0.3, -0.25) is 0 Å². The monoisotopic (exact) mass is 400 g/mol. The molecule has 0 bridgehead atoms. The van der Waals surface area contributed by atoms with E-state index in [0.29, 0.717) is 0 Å². The molecule has 0 saturated carbocycles. The quantitative estimate of drug-likeness (QED) is 0.672. The van der Waals surface area contributed by atoms with E-state index in [1.165, 1.54) is 17.8 Å². The Hall–Kier alpha value is -0.250. The van der Waals surface area contributed by atoms with Crippen molar-refractivity contribution in [3.8, 4) is 0 Å². The molecule has 17 heavy (non-hydrogen) atoms. The first-order chi connectivity index (χ1) is 8.15. The van der Waals surface area contributed by atoms with Crippen molar-refractivity contribution in [2.45, 2.75) is 26.7 Å². The van der Waals surface area contributed by atoms with E-state index < -0.39 is 20.8 Å². The summed E-state index contributed by atoms with van der Waals surface area (Å²) in [4.78, 5) is 0. The second-order valence-corrected chi connectivity index (χ2v) is 16.3. The van der Waals surface area contributed by atoms with Crippen LogP contribution in [0.1, 0.15) is 26.7 Å². The van der Waals surface area contributed by atoms with Crippen molar-refractivity contribution < 1.29 is 26.6 Å². The molecule has 0 fully saturated rings. The van der Waals surface area contributed by atoms with E-state index in [2.05, 4.69) is 38.2 Å². The van der Waals surface area contributed by atoms with Gasteiger partial charge in [-0.05, 0) is 0 Å². The van der Waals surface area contributed by atoms with Crippen molar-refractivity contribution in [1.29, 1.82) is 0 Å². The van der Waals surface area contributed by atoms with Gasteiger partial charge in [0.05, 0.1) is 0 Å². The maximum absolute atomic E-state index is 6.00. The van der Waals surface area contributed by atoms with Gasteiger partial charge in [0.25, 0.3) is 0 Å². The molecule has 0 saturated heterocycles. The normalized spacial score (nSPS) is 20.0. The fourth-order valence-electron chi connectivity index (χ4n) is 2.78. The van der Waals surface area contributed by atoms with Crippen molar-refractivity contribution in [3.63, 3.8) is 0 Å². The van der Waals surface area contributed by atoms with Gasteiger partial charge in [-0.1, -0.05) is 0 Å². The number of allylic oxidation sites excluding steroid dienone is 8. The molecule has 2 aliphatic rings. The Morgan fingerprint density at radius 2 is 1.29 bits per heavy atom. The third-order valence-corrected chi connectivity index (χ3v) is 17.8. The second-order valence-electron chi connectivity index (χ2n) is 4.56. The van der Waals surface area contributed by atoms with Crippen LogP contribution in [0.15, 0.2) is 42.1 Å². The van der Waals surface area contributed by atoms with Gasteiger partial charge >= 0.3 is 110 Å². The first-order valence-corrected chi connectivity index (χ1v) is 12.5. The molecule has 0 aromatic rings. The molecule has 0 spiro atoms. The second kappa shape index (κ2) is 5.17. The van der Waals surface area contributed by atoms with E-state index in [-0.39, 0.29) is 0 Å². The van der Waals surface area contributed by atoms with E-state index in [9.17, 15) is 0 Å². The van der Waals surface area contributed by atoms with Gasteiger partial charge < -0.3 is 0 Å². The van der Waals surface area contributed by atoms with Gasteiger partial charge in [0, 0.05) is 0 Å². The summed E-state index contributed by atoms with van der Waals surface area (Å²) in [5.74, 6) is 0. The summed E-state index contributed by atoms with van der Waals surface area (Å²) in [7, 11) is 3.64. The van der Waals surface area contributed by atoms with Crippen LogP contribution in [0, 0.1) is 0 Å². The standard InChI is InChI=1S/2C6H7.2CH3O.Hf/c2*1-6-4-2-3-5-6;2*1-2;/h2*2,4H,3H2,1H3;2*1H3;/q;;2*-1;+2. The third kappa shape index (κ3) is 2.09. The Morgan fingerprint density at radius 1 is 0.882 bits per heavy atom. The average Bonchev–Trinajstić information content (AvgIpc) is 2.93. The van der Waals surface area contributed by atoms with Gasteiger partial charge in [-0.2, -0.15) is 0 Å². The summed E-state index contributed by atoms with van der Waals surface area (Å²) < 4.78 is 14.9. The minimum atomic E-state index is -3.38. The van der Waals surface area contributed by atoms with E-state index in [0.717, 1.165) is 12.8 Å². The average molecular weight is 399 g/mol. The van der Waals surface area contributed by atoms with E-state index >= 15 is 0 Å². The first kappa shape index (κ1) is 13.2. The summed E-state index contributed by atoms with van der Waals surface area (Å²) in [6.45, 7) is 4.34. The molecule has 3 heteroatoms. The van der Waals surface area contributed by atoms with E-state index in [1.807, 2.05) is 14.2 Å². The van der Waals surface area contributed by atoms with Crippen LogP contribution >= 0.6 is 0 Å². The zero-order valence-electron chi connectivity index (χ0n) is 11.0. The minimum absolute atomic E-state index is 1.01. The maximum atomic E-state index is 6.00. The Bertz CT molecular complexity index is 399. The van der Waals surface area contributed by atoms with Crippen LogP contribution in [0.5, 0.6) is 0 Å². The summed E-state index contributed by atoms with van der Waals surface area (Å²) >= 11 is -3.38. The zero-order valence-corrected chi connectivity index (χ0v) is 14.6. The molecule has 92 valence electrons. The first-order valence-electron chi connectivity index (χ1n) is 5.99. The predicted octanol–water partition coefficient (Wildman–Crippen LogP) is 3.73. The van der Waals surface area contributed by atoms with Crippen LogP contribution in [-0.2, 0) is 26.6 Å². The SMILES string of the molecule is C[O][Hf]([O]C)([C]1=C(C)C=CC1)[C]1=C(C)C=CC1. The van der Waals surface area contributed by atoms with Crippen LogP contribution < -0.4 is 0 Å². The molecule has 0 aromatic heterocycles. The van der Waals surface area contributed by atoms with Gasteiger partial charge in [0.15, 0.2) is 0 Å². The van der Waals surface area contributed by atoms with Gasteiger partial charge in [-0.15, -0.1) is 0 Å². The van der Waals surface area contributed by atoms with Crippen LogP contribution in [0.25, 0.3) is 0 Å². The number of rotatable bonds is 4. The molecule has 0 heterocycles. The van der Waals surface area contributed by atoms with Crippen LogP contribution in [0.2, 0.25) is 0 Å². The molecular formula is C14H20HfO2. The molecule has 0 N–H and O–H groups in total. The van der Waals surface area contributed by atoms with Crippen LogP contribution in [0.4, 0.5) is 0 Å². The summed E-state index contributed by atoms with van der Waals surface area (Å²) in [6.07, 6.45) is 10.8. The van der Waals surface area contributed by atoms with Gasteiger partial charge in [-0.25, -0.2) is 0 Å². The summed E-state index contributed by atoms with van der Waals surface area (Å²) in [6, 6.07) is 0. The molecule has 0 radical (unpaired) electrons. The van der Waals surface area contributed by atoms with E-state index in [4.69, 9.17) is 5.71 Å². The predicted molar refractivity (Wildman–Crippen MR) is 66.9 cm³/mol. The third-order valence-electron chi connectivity index (χ3n) is 3.70. The summed E-state index contributed by atoms with van der Waals surface area (Å²) in [5, 5.41) is 0. The molecule has 0 aliphatic heterocycles. The Kier molecular flexibility index (Phi) is 4.01. The zero-order chi connectivity index (χ0) is 12.5.